The third-order valence-electron chi connectivity index (χ3n) is 2.53. The highest BCUT2D eigenvalue weighted by Gasteiger charge is 2.11. The molecule has 0 heterocycles. The van der Waals surface area contributed by atoms with Gasteiger partial charge in [-0.2, -0.15) is 0 Å². The molecule has 0 spiro atoms. The number of ether oxygens (including phenoxy) is 1. The molecule has 0 aliphatic carbocycles. The van der Waals surface area contributed by atoms with Crippen molar-refractivity contribution in [2.45, 2.75) is 39.5 Å². The molecule has 0 radical (unpaired) electrons. The fraction of sp³-hybridized carbons (Fsp3) is 0.500. The second-order valence-electron chi connectivity index (χ2n) is 4.46. The molecule has 0 aromatic heterocycles. The number of hydrogen-bond donors (Lipinski definition) is 0. The van der Waals surface area contributed by atoms with Gasteiger partial charge >= 0.3 is 5.97 Å². The third-order valence-corrected chi connectivity index (χ3v) is 2.80. The summed E-state index contributed by atoms with van der Waals surface area (Å²) < 4.78 is 5.39. The highest BCUT2D eigenvalue weighted by molar-refractivity contribution is 6.17. The van der Waals surface area contributed by atoms with Gasteiger partial charge in [0.2, 0.25) is 0 Å². The van der Waals surface area contributed by atoms with Crippen molar-refractivity contribution in [2.24, 2.45) is 0 Å². The molecule has 94 valence electrons. The minimum absolute atomic E-state index is 0.210. The van der Waals surface area contributed by atoms with Crippen LogP contribution >= 0.6 is 11.6 Å². The first-order valence-electron chi connectivity index (χ1n) is 5.91. The lowest BCUT2D eigenvalue weighted by Gasteiger charge is -2.13. The number of halogens is 1. The molecule has 0 amide bonds. The Morgan fingerprint density at radius 2 is 2.12 bits per heavy atom. The molecule has 1 rings (SSSR count). The van der Waals surface area contributed by atoms with E-state index in [1.165, 1.54) is 0 Å². The highest BCUT2D eigenvalue weighted by atomic mass is 35.5. The topological polar surface area (TPSA) is 26.3 Å². The van der Waals surface area contributed by atoms with E-state index in [-0.39, 0.29) is 5.97 Å². The van der Waals surface area contributed by atoms with Crippen LogP contribution < -0.4 is 4.74 Å². The molecule has 0 atom stereocenters. The SMILES string of the molecule is Cc1ccc(C(C)C)c(OC(=O)CCCCl)c1. The van der Waals surface area contributed by atoms with Crippen LogP contribution in [0.15, 0.2) is 18.2 Å². The molecule has 3 heteroatoms. The van der Waals surface area contributed by atoms with Crippen LogP contribution in [-0.2, 0) is 4.79 Å². The predicted molar refractivity (Wildman–Crippen MR) is 70.9 cm³/mol. The number of alkyl halides is 1. The van der Waals surface area contributed by atoms with Crippen molar-refractivity contribution in [1.82, 2.24) is 0 Å². The van der Waals surface area contributed by atoms with E-state index in [2.05, 4.69) is 13.8 Å². The minimum Gasteiger partial charge on any atom is -0.426 e. The van der Waals surface area contributed by atoms with Gasteiger partial charge in [0, 0.05) is 12.3 Å². The van der Waals surface area contributed by atoms with E-state index in [4.69, 9.17) is 16.3 Å². The lowest BCUT2D eigenvalue weighted by molar-refractivity contribution is -0.134. The zero-order chi connectivity index (χ0) is 12.8. The summed E-state index contributed by atoms with van der Waals surface area (Å²) >= 11 is 5.55. The van der Waals surface area contributed by atoms with Gasteiger partial charge in [0.1, 0.15) is 5.75 Å². The number of hydrogen-bond acceptors (Lipinski definition) is 2. The average molecular weight is 255 g/mol. The normalized spacial score (nSPS) is 10.6. The summed E-state index contributed by atoms with van der Waals surface area (Å²) in [7, 11) is 0. The van der Waals surface area contributed by atoms with Gasteiger partial charge < -0.3 is 4.74 Å². The van der Waals surface area contributed by atoms with E-state index in [0.29, 0.717) is 30.4 Å². The molecule has 0 unspecified atom stereocenters. The largest absolute Gasteiger partial charge is 0.426 e. The molecule has 0 saturated carbocycles. The first-order chi connectivity index (χ1) is 8.04. The van der Waals surface area contributed by atoms with E-state index in [1.807, 2.05) is 25.1 Å². The molecule has 0 fully saturated rings. The quantitative estimate of drug-likeness (QED) is 0.450. The zero-order valence-corrected chi connectivity index (χ0v) is 11.4. The van der Waals surface area contributed by atoms with E-state index >= 15 is 0 Å². The Labute approximate surface area is 108 Å². The fourth-order valence-electron chi connectivity index (χ4n) is 1.59. The van der Waals surface area contributed by atoms with Crippen LogP contribution in [-0.4, -0.2) is 11.8 Å². The Kier molecular flexibility index (Phi) is 5.49. The minimum atomic E-state index is -0.210. The summed E-state index contributed by atoms with van der Waals surface area (Å²) in [5, 5.41) is 0. The number of benzene rings is 1. The van der Waals surface area contributed by atoms with Crippen LogP contribution in [0.3, 0.4) is 0 Å². The summed E-state index contributed by atoms with van der Waals surface area (Å²) in [6.45, 7) is 6.15. The van der Waals surface area contributed by atoms with E-state index < -0.39 is 0 Å². The van der Waals surface area contributed by atoms with Crippen LogP contribution in [0.25, 0.3) is 0 Å². The first kappa shape index (κ1) is 14.0. The van der Waals surface area contributed by atoms with Crippen molar-refractivity contribution in [2.75, 3.05) is 5.88 Å². The summed E-state index contributed by atoms with van der Waals surface area (Å²) in [5.41, 5.74) is 2.16. The number of esters is 1. The van der Waals surface area contributed by atoms with Crippen molar-refractivity contribution in [1.29, 1.82) is 0 Å². The molecular formula is C14H19ClO2. The van der Waals surface area contributed by atoms with Crippen molar-refractivity contribution in [3.63, 3.8) is 0 Å². The summed E-state index contributed by atoms with van der Waals surface area (Å²) in [5.74, 6) is 1.30. The highest BCUT2D eigenvalue weighted by Crippen LogP contribution is 2.27. The van der Waals surface area contributed by atoms with E-state index in [9.17, 15) is 4.79 Å². The average Bonchev–Trinajstić information content (AvgIpc) is 2.26. The van der Waals surface area contributed by atoms with Crippen LogP contribution in [0.4, 0.5) is 0 Å². The zero-order valence-electron chi connectivity index (χ0n) is 10.6. The molecule has 17 heavy (non-hydrogen) atoms. The first-order valence-corrected chi connectivity index (χ1v) is 6.45. The maximum Gasteiger partial charge on any atom is 0.311 e. The lowest BCUT2D eigenvalue weighted by Crippen LogP contribution is -2.10. The molecule has 0 aliphatic heterocycles. The van der Waals surface area contributed by atoms with Crippen LogP contribution in [0.5, 0.6) is 5.75 Å². The molecule has 0 aliphatic rings. The van der Waals surface area contributed by atoms with Gasteiger partial charge in [-0.05, 0) is 36.5 Å². The van der Waals surface area contributed by atoms with E-state index in [0.717, 1.165) is 11.1 Å². The Morgan fingerprint density at radius 1 is 1.41 bits per heavy atom. The van der Waals surface area contributed by atoms with Gasteiger partial charge in [-0.3, -0.25) is 4.79 Å². The molecule has 1 aromatic carbocycles. The van der Waals surface area contributed by atoms with Crippen molar-refractivity contribution in [3.8, 4) is 5.75 Å². The summed E-state index contributed by atoms with van der Waals surface area (Å²) in [6.07, 6.45) is 1.03. The lowest BCUT2D eigenvalue weighted by atomic mass is 10.0. The van der Waals surface area contributed by atoms with Crippen LogP contribution in [0, 0.1) is 6.92 Å². The van der Waals surface area contributed by atoms with Gasteiger partial charge in [-0.15, -0.1) is 11.6 Å². The Bertz CT molecular complexity index is 386. The Hall–Kier alpha value is -1.02. The monoisotopic (exact) mass is 254 g/mol. The maximum absolute atomic E-state index is 11.6. The number of rotatable bonds is 5. The number of carbonyl (C=O) groups is 1. The van der Waals surface area contributed by atoms with Gasteiger partial charge in [-0.25, -0.2) is 0 Å². The maximum atomic E-state index is 11.6. The third kappa shape index (κ3) is 4.39. The molecular weight excluding hydrogens is 236 g/mol. The summed E-state index contributed by atoms with van der Waals surface area (Å²) in [6, 6.07) is 5.96. The van der Waals surface area contributed by atoms with Gasteiger partial charge in [0.15, 0.2) is 0 Å². The molecule has 0 N–H and O–H groups in total. The van der Waals surface area contributed by atoms with E-state index in [1.54, 1.807) is 0 Å². The molecule has 0 saturated heterocycles. The van der Waals surface area contributed by atoms with Crippen LogP contribution in [0.2, 0.25) is 0 Å². The Balaban J connectivity index is 2.81. The summed E-state index contributed by atoms with van der Waals surface area (Å²) in [4.78, 5) is 11.6. The van der Waals surface area contributed by atoms with Crippen molar-refractivity contribution < 1.29 is 9.53 Å². The number of aryl methyl sites for hydroxylation is 1. The predicted octanol–water partition coefficient (Wildman–Crippen LogP) is 4.04. The van der Waals surface area contributed by atoms with Gasteiger partial charge in [-0.1, -0.05) is 26.0 Å². The second kappa shape index (κ2) is 6.65. The molecule has 2 nitrogen and oxygen atoms in total. The standard InChI is InChI=1S/C14H19ClO2/c1-10(2)12-7-6-11(3)9-13(12)17-14(16)5-4-8-15/h6-7,9-10H,4-5,8H2,1-3H3. The molecule has 1 aromatic rings. The van der Waals surface area contributed by atoms with Gasteiger partial charge in [0.25, 0.3) is 0 Å². The Morgan fingerprint density at radius 3 is 2.71 bits per heavy atom. The van der Waals surface area contributed by atoms with Crippen LogP contribution in [0.1, 0.15) is 43.7 Å². The van der Waals surface area contributed by atoms with Crippen molar-refractivity contribution >= 4 is 17.6 Å². The fourth-order valence-corrected chi connectivity index (χ4v) is 1.73. The van der Waals surface area contributed by atoms with Gasteiger partial charge in [0.05, 0.1) is 0 Å². The van der Waals surface area contributed by atoms with Crippen molar-refractivity contribution in [3.05, 3.63) is 29.3 Å². The smallest absolute Gasteiger partial charge is 0.311 e. The molecule has 0 bridgehead atoms. The number of carbonyl (C=O) groups excluding carboxylic acids is 1. The second-order valence-corrected chi connectivity index (χ2v) is 4.84.